The Hall–Kier alpha value is -3.42. The number of anilines is 1. The van der Waals surface area contributed by atoms with Crippen LogP contribution in [0.3, 0.4) is 0 Å². The number of rotatable bonds is 11. The van der Waals surface area contributed by atoms with Crippen molar-refractivity contribution in [1.82, 2.24) is 9.88 Å². The Labute approximate surface area is 238 Å². The van der Waals surface area contributed by atoms with Gasteiger partial charge in [-0.25, -0.2) is 9.37 Å². The Kier molecular flexibility index (Phi) is 11.5. The van der Waals surface area contributed by atoms with E-state index in [2.05, 4.69) is 17.2 Å². The molecule has 1 atom stereocenters. The number of unbranched alkanes of at least 4 members (excludes halogenated alkanes) is 1. The fourth-order valence-electron chi connectivity index (χ4n) is 4.59. The molecule has 0 saturated heterocycles. The second kappa shape index (κ2) is 14.8. The van der Waals surface area contributed by atoms with Crippen LogP contribution in [0.15, 0.2) is 30.3 Å². The topological polar surface area (TPSA) is 110 Å². The first-order valence-electron chi connectivity index (χ1n) is 14.6. The van der Waals surface area contributed by atoms with Gasteiger partial charge >= 0.3 is 0 Å². The minimum absolute atomic E-state index is 0.0523. The van der Waals surface area contributed by atoms with E-state index in [1.807, 2.05) is 25.7 Å². The third kappa shape index (κ3) is 9.07. The Balaban J connectivity index is 0.000000559. The number of carbonyl (C=O) groups excluding carboxylic acids is 2. The van der Waals surface area contributed by atoms with Crippen molar-refractivity contribution >= 4 is 29.1 Å². The standard InChI is InChI=1S/C26H31FN4O2.C6H13N/c1-3-16(2)25(28)22-5-4-6-23(29-22)30-26(33)20-13-19-15-31(12-11-18(19)14-21(20)27)24(32)10-9-17-7-8-17;1-3-4-5-6(2)7/h4-6,13-14,16-17,28H,3,7-12,15H2,1-2H3,(H,29,30,33);7H,3-5H2,1-2H3. The highest BCUT2D eigenvalue weighted by Crippen LogP contribution is 2.34. The lowest BCUT2D eigenvalue weighted by Crippen LogP contribution is -2.36. The van der Waals surface area contributed by atoms with Crippen LogP contribution >= 0.6 is 0 Å². The van der Waals surface area contributed by atoms with Crippen molar-refractivity contribution in [1.29, 1.82) is 10.8 Å². The molecule has 1 aromatic carbocycles. The number of aromatic nitrogens is 1. The van der Waals surface area contributed by atoms with Crippen LogP contribution in [0.4, 0.5) is 10.2 Å². The lowest BCUT2D eigenvalue weighted by molar-refractivity contribution is -0.132. The van der Waals surface area contributed by atoms with Gasteiger partial charge < -0.3 is 21.0 Å². The average Bonchev–Trinajstić information content (AvgIpc) is 3.78. The molecule has 3 N–H and O–H groups in total. The zero-order valence-electron chi connectivity index (χ0n) is 24.4. The summed E-state index contributed by atoms with van der Waals surface area (Å²) >= 11 is 0. The Morgan fingerprint density at radius 2 is 1.90 bits per heavy atom. The van der Waals surface area contributed by atoms with E-state index in [0.717, 1.165) is 36.1 Å². The molecule has 1 unspecified atom stereocenters. The third-order valence-corrected chi connectivity index (χ3v) is 7.64. The molecule has 4 rings (SSSR count). The number of halogens is 1. The number of carbonyl (C=O) groups is 2. The first-order chi connectivity index (χ1) is 19.1. The molecule has 0 bridgehead atoms. The maximum atomic E-state index is 14.8. The second-order valence-electron chi connectivity index (χ2n) is 11.1. The molecule has 40 heavy (non-hydrogen) atoms. The summed E-state index contributed by atoms with van der Waals surface area (Å²) in [5, 5.41) is 17.9. The SMILES string of the molecule is CCC(C)C(=N)c1cccc(NC(=O)c2cc3c(cc2F)CCN(C(=O)CCC2CC2)C3)n1.CCCCC(C)=N. The molecule has 2 aliphatic rings. The molecular formula is C32H44FN5O2. The maximum Gasteiger partial charge on any atom is 0.259 e. The van der Waals surface area contributed by atoms with Crippen molar-refractivity contribution in [3.8, 4) is 0 Å². The summed E-state index contributed by atoms with van der Waals surface area (Å²) in [4.78, 5) is 31.6. The van der Waals surface area contributed by atoms with Crippen LogP contribution in [0, 0.1) is 28.5 Å². The highest BCUT2D eigenvalue weighted by molar-refractivity contribution is 6.05. The van der Waals surface area contributed by atoms with Crippen LogP contribution in [-0.4, -0.2) is 39.7 Å². The summed E-state index contributed by atoms with van der Waals surface area (Å²) in [7, 11) is 0. The first kappa shape index (κ1) is 31.1. The first-order valence-corrected chi connectivity index (χ1v) is 14.6. The minimum atomic E-state index is -0.591. The Bertz CT molecular complexity index is 1220. The van der Waals surface area contributed by atoms with Crippen molar-refractivity contribution in [2.75, 3.05) is 11.9 Å². The smallest absolute Gasteiger partial charge is 0.259 e. The van der Waals surface area contributed by atoms with E-state index < -0.39 is 11.7 Å². The zero-order valence-corrected chi connectivity index (χ0v) is 24.4. The monoisotopic (exact) mass is 549 g/mol. The van der Waals surface area contributed by atoms with Crippen LogP contribution in [0.1, 0.15) is 106 Å². The fraction of sp³-hybridized carbons (Fsp3) is 0.531. The summed E-state index contributed by atoms with van der Waals surface area (Å²) < 4.78 is 14.8. The van der Waals surface area contributed by atoms with Crippen LogP contribution in [0.2, 0.25) is 0 Å². The van der Waals surface area contributed by atoms with Gasteiger partial charge in [-0.1, -0.05) is 46.1 Å². The number of amides is 2. The van der Waals surface area contributed by atoms with Crippen molar-refractivity contribution < 1.29 is 14.0 Å². The van der Waals surface area contributed by atoms with Crippen LogP contribution in [0.25, 0.3) is 0 Å². The molecule has 2 aromatic rings. The molecule has 216 valence electrons. The van der Waals surface area contributed by atoms with Gasteiger partial charge in [0.2, 0.25) is 5.91 Å². The fourth-order valence-corrected chi connectivity index (χ4v) is 4.59. The third-order valence-electron chi connectivity index (χ3n) is 7.64. The molecule has 1 aliphatic carbocycles. The Morgan fingerprint density at radius 3 is 2.52 bits per heavy atom. The molecule has 0 radical (unpaired) electrons. The molecule has 8 heteroatoms. The zero-order chi connectivity index (χ0) is 29.2. The maximum absolute atomic E-state index is 14.8. The van der Waals surface area contributed by atoms with E-state index >= 15 is 0 Å². The van der Waals surface area contributed by atoms with E-state index in [1.165, 1.54) is 31.7 Å². The number of benzene rings is 1. The number of hydrogen-bond acceptors (Lipinski definition) is 5. The van der Waals surface area contributed by atoms with E-state index in [9.17, 15) is 14.0 Å². The number of pyridine rings is 1. The predicted molar refractivity (Wildman–Crippen MR) is 159 cm³/mol. The molecular weight excluding hydrogens is 505 g/mol. The summed E-state index contributed by atoms with van der Waals surface area (Å²) in [5.74, 6) is -0.00408. The minimum Gasteiger partial charge on any atom is -0.338 e. The molecule has 1 aliphatic heterocycles. The molecule has 2 amide bonds. The number of nitrogens with zero attached hydrogens (tertiary/aromatic N) is 2. The van der Waals surface area contributed by atoms with Crippen molar-refractivity contribution in [2.45, 2.75) is 92.0 Å². The van der Waals surface area contributed by atoms with Gasteiger partial charge in [-0.3, -0.25) is 9.59 Å². The predicted octanol–water partition coefficient (Wildman–Crippen LogP) is 7.18. The molecule has 7 nitrogen and oxygen atoms in total. The van der Waals surface area contributed by atoms with Gasteiger partial charge in [0.15, 0.2) is 0 Å². The number of nitrogens with one attached hydrogen (secondary N) is 3. The highest BCUT2D eigenvalue weighted by Gasteiger charge is 2.27. The normalized spacial score (nSPS) is 14.9. The van der Waals surface area contributed by atoms with E-state index in [1.54, 1.807) is 24.3 Å². The van der Waals surface area contributed by atoms with Gasteiger partial charge in [-0.05, 0) is 86.3 Å². The summed E-state index contributed by atoms with van der Waals surface area (Å²) in [6.45, 7) is 8.95. The van der Waals surface area contributed by atoms with E-state index in [4.69, 9.17) is 10.8 Å². The summed E-state index contributed by atoms with van der Waals surface area (Å²) in [5.41, 5.74) is 3.30. The van der Waals surface area contributed by atoms with Gasteiger partial charge in [-0.15, -0.1) is 0 Å². The van der Waals surface area contributed by atoms with Gasteiger partial charge in [0.1, 0.15) is 11.6 Å². The van der Waals surface area contributed by atoms with Gasteiger partial charge in [-0.2, -0.15) is 0 Å². The van der Waals surface area contributed by atoms with Gasteiger partial charge in [0, 0.05) is 25.2 Å². The van der Waals surface area contributed by atoms with Crippen molar-refractivity contribution in [3.63, 3.8) is 0 Å². The lowest BCUT2D eigenvalue weighted by Gasteiger charge is -2.29. The number of fused-ring (bicyclic) bond motifs is 1. The number of hydrogen-bond donors (Lipinski definition) is 3. The largest absolute Gasteiger partial charge is 0.338 e. The molecule has 1 aromatic heterocycles. The second-order valence-corrected chi connectivity index (χ2v) is 11.1. The molecule has 1 fully saturated rings. The van der Waals surface area contributed by atoms with Crippen LogP contribution < -0.4 is 5.32 Å². The Morgan fingerprint density at radius 1 is 1.15 bits per heavy atom. The van der Waals surface area contributed by atoms with Crippen molar-refractivity contribution in [2.24, 2.45) is 11.8 Å². The summed E-state index contributed by atoms with van der Waals surface area (Å²) in [6, 6.07) is 8.06. The van der Waals surface area contributed by atoms with Crippen LogP contribution in [-0.2, 0) is 17.8 Å². The van der Waals surface area contributed by atoms with Crippen LogP contribution in [0.5, 0.6) is 0 Å². The van der Waals surface area contributed by atoms with E-state index in [-0.39, 0.29) is 23.2 Å². The van der Waals surface area contributed by atoms with Gasteiger partial charge in [0.25, 0.3) is 5.91 Å². The van der Waals surface area contributed by atoms with Gasteiger partial charge in [0.05, 0.1) is 17.0 Å². The quantitative estimate of drug-likeness (QED) is 0.258. The molecule has 2 heterocycles. The average molecular weight is 550 g/mol. The van der Waals surface area contributed by atoms with Crippen molar-refractivity contribution in [3.05, 3.63) is 58.5 Å². The van der Waals surface area contributed by atoms with E-state index in [0.29, 0.717) is 43.3 Å². The molecule has 1 saturated carbocycles. The highest BCUT2D eigenvalue weighted by atomic mass is 19.1. The lowest BCUT2D eigenvalue weighted by atomic mass is 9.96. The summed E-state index contributed by atoms with van der Waals surface area (Å²) in [6.07, 6.45) is 8.72. The molecule has 0 spiro atoms.